The summed E-state index contributed by atoms with van der Waals surface area (Å²) in [4.78, 5) is 0. The number of hydrogen-bond acceptors (Lipinski definition) is 3. The summed E-state index contributed by atoms with van der Waals surface area (Å²) in [5.74, 6) is 0. The first-order valence-electron chi connectivity index (χ1n) is 5.65. The summed E-state index contributed by atoms with van der Waals surface area (Å²) in [7, 11) is 0. The average Bonchev–Trinajstić information content (AvgIpc) is 2.76. The van der Waals surface area contributed by atoms with Crippen LogP contribution in [0.3, 0.4) is 0 Å². The van der Waals surface area contributed by atoms with Crippen molar-refractivity contribution >= 4 is 0 Å². The topological polar surface area (TPSA) is 50.9 Å². The van der Waals surface area contributed by atoms with Crippen LogP contribution >= 0.6 is 0 Å². The van der Waals surface area contributed by atoms with Crippen LogP contribution < -0.4 is 0 Å². The minimum absolute atomic E-state index is 0.00584. The van der Waals surface area contributed by atoms with E-state index in [0.29, 0.717) is 12.1 Å². The van der Waals surface area contributed by atoms with Crippen LogP contribution in [-0.4, -0.2) is 26.7 Å². The van der Waals surface area contributed by atoms with E-state index < -0.39 is 11.7 Å². The van der Waals surface area contributed by atoms with Crippen molar-refractivity contribution in [1.82, 2.24) is 15.0 Å². The molecular formula is C12H12F3N3O. The summed E-state index contributed by atoms with van der Waals surface area (Å²) in [5.41, 5.74) is 0.0108. The Morgan fingerprint density at radius 3 is 2.63 bits per heavy atom. The van der Waals surface area contributed by atoms with Crippen molar-refractivity contribution in [1.29, 1.82) is 0 Å². The zero-order chi connectivity index (χ0) is 13.9. The van der Waals surface area contributed by atoms with E-state index in [1.807, 2.05) is 0 Å². The van der Waals surface area contributed by atoms with Crippen LogP contribution in [0.15, 0.2) is 30.5 Å². The predicted octanol–water partition coefficient (Wildman–Crippen LogP) is 1.88. The summed E-state index contributed by atoms with van der Waals surface area (Å²) in [6.07, 6.45) is -2.52. The second-order valence-corrected chi connectivity index (χ2v) is 4.04. The van der Waals surface area contributed by atoms with Gasteiger partial charge in [-0.25, -0.2) is 4.68 Å². The van der Waals surface area contributed by atoms with Crippen LogP contribution in [0.5, 0.6) is 0 Å². The van der Waals surface area contributed by atoms with Gasteiger partial charge in [0.15, 0.2) is 0 Å². The highest BCUT2D eigenvalue weighted by Gasteiger charge is 2.32. The molecule has 19 heavy (non-hydrogen) atoms. The Labute approximate surface area is 107 Å². The first kappa shape index (κ1) is 13.5. The van der Waals surface area contributed by atoms with Crippen LogP contribution in [0.1, 0.15) is 16.8 Å². The van der Waals surface area contributed by atoms with E-state index in [-0.39, 0.29) is 18.7 Å². The normalized spacial score (nSPS) is 11.8. The molecule has 1 aromatic carbocycles. The number of aliphatic hydroxyl groups is 1. The lowest BCUT2D eigenvalue weighted by molar-refractivity contribution is -0.138. The molecule has 0 aliphatic heterocycles. The highest BCUT2D eigenvalue weighted by atomic mass is 19.4. The summed E-state index contributed by atoms with van der Waals surface area (Å²) in [5, 5.41) is 16.3. The lowest BCUT2D eigenvalue weighted by Crippen LogP contribution is -2.11. The molecule has 0 spiro atoms. The molecule has 0 fully saturated rings. The first-order chi connectivity index (χ1) is 9.00. The fourth-order valence-corrected chi connectivity index (χ4v) is 1.75. The quantitative estimate of drug-likeness (QED) is 0.923. The molecule has 0 saturated carbocycles. The van der Waals surface area contributed by atoms with Gasteiger partial charge < -0.3 is 5.11 Å². The fraction of sp³-hybridized carbons (Fsp3) is 0.333. The third-order valence-electron chi connectivity index (χ3n) is 2.61. The molecule has 0 atom stereocenters. The number of benzene rings is 1. The molecule has 0 unspecified atom stereocenters. The van der Waals surface area contributed by atoms with Gasteiger partial charge in [0.05, 0.1) is 17.8 Å². The standard InChI is InChI=1S/C12H12F3N3O/c13-12(14,15)11-4-2-1-3-9(11)7-18-8-10(5-6-19)16-17-18/h1-4,8,19H,5-7H2. The largest absolute Gasteiger partial charge is 0.416 e. The maximum Gasteiger partial charge on any atom is 0.416 e. The van der Waals surface area contributed by atoms with E-state index in [9.17, 15) is 13.2 Å². The van der Waals surface area contributed by atoms with E-state index in [1.165, 1.54) is 23.0 Å². The molecule has 7 heteroatoms. The van der Waals surface area contributed by atoms with Crippen LogP contribution in [0, 0.1) is 0 Å². The molecule has 1 heterocycles. The monoisotopic (exact) mass is 271 g/mol. The fourth-order valence-electron chi connectivity index (χ4n) is 1.75. The van der Waals surface area contributed by atoms with Crippen molar-refractivity contribution in [2.45, 2.75) is 19.1 Å². The Balaban J connectivity index is 2.23. The molecular weight excluding hydrogens is 259 g/mol. The van der Waals surface area contributed by atoms with Crippen LogP contribution in [-0.2, 0) is 19.1 Å². The number of rotatable bonds is 4. The van der Waals surface area contributed by atoms with Gasteiger partial charge in [0.25, 0.3) is 0 Å². The van der Waals surface area contributed by atoms with Gasteiger partial charge in [-0.1, -0.05) is 23.4 Å². The van der Waals surface area contributed by atoms with Gasteiger partial charge in [-0.2, -0.15) is 13.2 Å². The molecule has 0 aliphatic carbocycles. The third kappa shape index (κ3) is 3.31. The molecule has 4 nitrogen and oxygen atoms in total. The number of alkyl halides is 3. The van der Waals surface area contributed by atoms with Gasteiger partial charge in [-0.3, -0.25) is 0 Å². The van der Waals surface area contributed by atoms with Gasteiger partial charge >= 0.3 is 6.18 Å². The second-order valence-electron chi connectivity index (χ2n) is 4.04. The molecule has 1 aromatic heterocycles. The van der Waals surface area contributed by atoms with E-state index in [2.05, 4.69) is 10.3 Å². The zero-order valence-electron chi connectivity index (χ0n) is 9.93. The maximum absolute atomic E-state index is 12.8. The highest BCUT2D eigenvalue weighted by Crippen LogP contribution is 2.32. The number of aromatic nitrogens is 3. The smallest absolute Gasteiger partial charge is 0.396 e. The molecule has 2 aromatic rings. The Hall–Kier alpha value is -1.89. The second kappa shape index (κ2) is 5.40. The van der Waals surface area contributed by atoms with E-state index >= 15 is 0 Å². The molecule has 0 saturated heterocycles. The SMILES string of the molecule is OCCc1cn(Cc2ccccc2C(F)(F)F)nn1. The minimum atomic E-state index is -4.38. The van der Waals surface area contributed by atoms with Crippen molar-refractivity contribution in [3.8, 4) is 0 Å². The van der Waals surface area contributed by atoms with Crippen molar-refractivity contribution in [3.05, 3.63) is 47.3 Å². The third-order valence-corrected chi connectivity index (χ3v) is 2.61. The van der Waals surface area contributed by atoms with Crippen molar-refractivity contribution in [2.75, 3.05) is 6.61 Å². The number of nitrogens with zero attached hydrogens (tertiary/aromatic N) is 3. The molecule has 0 bridgehead atoms. The Bertz CT molecular complexity index is 551. The maximum atomic E-state index is 12.8. The predicted molar refractivity (Wildman–Crippen MR) is 61.4 cm³/mol. The van der Waals surface area contributed by atoms with Gasteiger partial charge in [0.2, 0.25) is 0 Å². The summed E-state index contributed by atoms with van der Waals surface area (Å²) in [6, 6.07) is 5.36. The minimum Gasteiger partial charge on any atom is -0.396 e. The molecule has 1 N–H and O–H groups in total. The van der Waals surface area contributed by atoms with Crippen molar-refractivity contribution in [2.24, 2.45) is 0 Å². The number of halogens is 3. The molecule has 0 aliphatic rings. The van der Waals surface area contributed by atoms with Crippen LogP contribution in [0.4, 0.5) is 13.2 Å². The summed E-state index contributed by atoms with van der Waals surface area (Å²) >= 11 is 0. The van der Waals surface area contributed by atoms with Gasteiger partial charge in [0, 0.05) is 19.2 Å². The van der Waals surface area contributed by atoms with E-state index in [4.69, 9.17) is 5.11 Å². The Kier molecular flexibility index (Phi) is 3.84. The first-order valence-corrected chi connectivity index (χ1v) is 5.65. The molecule has 0 amide bonds. The van der Waals surface area contributed by atoms with Gasteiger partial charge in [-0.15, -0.1) is 5.10 Å². The summed E-state index contributed by atoms with van der Waals surface area (Å²) < 4.78 is 39.7. The molecule has 102 valence electrons. The average molecular weight is 271 g/mol. The molecule has 2 rings (SSSR count). The number of hydrogen-bond donors (Lipinski definition) is 1. The van der Waals surface area contributed by atoms with Crippen molar-refractivity contribution < 1.29 is 18.3 Å². The van der Waals surface area contributed by atoms with E-state index in [1.54, 1.807) is 6.07 Å². The van der Waals surface area contributed by atoms with E-state index in [0.717, 1.165) is 6.07 Å². The number of aliphatic hydroxyl groups excluding tert-OH is 1. The van der Waals surface area contributed by atoms with Crippen LogP contribution in [0.25, 0.3) is 0 Å². The zero-order valence-corrected chi connectivity index (χ0v) is 9.93. The van der Waals surface area contributed by atoms with Gasteiger partial charge in [-0.05, 0) is 11.6 Å². The Morgan fingerprint density at radius 2 is 1.95 bits per heavy atom. The lowest BCUT2D eigenvalue weighted by atomic mass is 10.1. The highest BCUT2D eigenvalue weighted by molar-refractivity contribution is 5.29. The van der Waals surface area contributed by atoms with Crippen molar-refractivity contribution in [3.63, 3.8) is 0 Å². The summed E-state index contributed by atoms with van der Waals surface area (Å²) in [6.45, 7) is -0.0774. The van der Waals surface area contributed by atoms with Crippen LogP contribution in [0.2, 0.25) is 0 Å². The molecule has 0 radical (unpaired) electrons. The van der Waals surface area contributed by atoms with Gasteiger partial charge in [0.1, 0.15) is 0 Å². The lowest BCUT2D eigenvalue weighted by Gasteiger charge is -2.12. The Morgan fingerprint density at radius 1 is 1.21 bits per heavy atom.